The van der Waals surface area contributed by atoms with Crippen molar-refractivity contribution in [1.82, 2.24) is 34.3 Å². The lowest BCUT2D eigenvalue weighted by atomic mass is 10.4. The van der Waals surface area contributed by atoms with Gasteiger partial charge in [0.15, 0.2) is 5.82 Å². The van der Waals surface area contributed by atoms with Gasteiger partial charge in [-0.1, -0.05) is 0 Å². The molecule has 0 atom stereocenters. The van der Waals surface area contributed by atoms with Crippen LogP contribution in [-0.4, -0.2) is 40.9 Å². The summed E-state index contributed by atoms with van der Waals surface area (Å²) >= 11 is 0. The van der Waals surface area contributed by atoms with Crippen LogP contribution in [0.15, 0.2) is 18.7 Å². The van der Waals surface area contributed by atoms with E-state index in [1.54, 1.807) is 12.5 Å². The van der Waals surface area contributed by atoms with E-state index in [0.29, 0.717) is 6.54 Å². The lowest BCUT2D eigenvalue weighted by Gasteiger charge is -2.05. The van der Waals surface area contributed by atoms with Gasteiger partial charge in [0.1, 0.15) is 18.0 Å². The number of aryl methyl sites for hydroxylation is 2. The minimum absolute atomic E-state index is 0.713. The minimum atomic E-state index is 0.713. The van der Waals surface area contributed by atoms with E-state index in [-0.39, 0.29) is 0 Å². The summed E-state index contributed by atoms with van der Waals surface area (Å²) in [5, 5.41) is 19.3. The van der Waals surface area contributed by atoms with Gasteiger partial charge in [0.2, 0.25) is 5.65 Å². The van der Waals surface area contributed by atoms with Crippen LogP contribution < -0.4 is 5.32 Å². The topological polar surface area (TPSA) is 85.8 Å². The quantitative estimate of drug-likeness (QED) is 0.720. The Morgan fingerprint density at radius 1 is 1.26 bits per heavy atom. The van der Waals surface area contributed by atoms with E-state index in [2.05, 4.69) is 30.7 Å². The fourth-order valence-electron chi connectivity index (χ4n) is 1.89. The highest BCUT2D eigenvalue weighted by atomic mass is 15.3. The molecular formula is C11H14N8. The Kier molecular flexibility index (Phi) is 2.82. The van der Waals surface area contributed by atoms with Gasteiger partial charge in [0.25, 0.3) is 0 Å². The second-order valence-electron chi connectivity index (χ2n) is 4.25. The van der Waals surface area contributed by atoms with Crippen molar-refractivity contribution in [1.29, 1.82) is 0 Å². The Morgan fingerprint density at radius 3 is 2.95 bits per heavy atom. The molecule has 3 heterocycles. The molecule has 8 nitrogen and oxygen atoms in total. The van der Waals surface area contributed by atoms with Crippen LogP contribution in [0.3, 0.4) is 0 Å². The van der Waals surface area contributed by atoms with Crippen molar-refractivity contribution in [3.63, 3.8) is 0 Å². The molecule has 0 fully saturated rings. The average molecular weight is 258 g/mol. The molecule has 0 bridgehead atoms. The van der Waals surface area contributed by atoms with E-state index in [4.69, 9.17) is 0 Å². The third-order valence-electron chi connectivity index (χ3n) is 2.94. The van der Waals surface area contributed by atoms with Gasteiger partial charge < -0.3 is 9.88 Å². The van der Waals surface area contributed by atoms with Crippen LogP contribution >= 0.6 is 0 Å². The van der Waals surface area contributed by atoms with Gasteiger partial charge in [-0.15, -0.1) is 20.4 Å². The van der Waals surface area contributed by atoms with Gasteiger partial charge >= 0.3 is 0 Å². The smallest absolute Gasteiger partial charge is 0.203 e. The molecule has 98 valence electrons. The molecular weight excluding hydrogens is 244 g/mol. The van der Waals surface area contributed by atoms with Crippen LogP contribution in [0.25, 0.3) is 5.65 Å². The number of hydrogen-bond donors (Lipinski definition) is 1. The molecule has 0 radical (unpaired) electrons. The van der Waals surface area contributed by atoms with E-state index in [1.165, 1.54) is 0 Å². The largest absolute Gasteiger partial charge is 0.366 e. The maximum absolute atomic E-state index is 4.28. The highest BCUT2D eigenvalue weighted by Crippen LogP contribution is 2.11. The predicted molar refractivity (Wildman–Crippen MR) is 68.7 cm³/mol. The lowest BCUT2D eigenvalue weighted by molar-refractivity contribution is 0.787. The van der Waals surface area contributed by atoms with E-state index < -0.39 is 0 Å². The third kappa shape index (κ3) is 2.12. The second-order valence-corrected chi connectivity index (χ2v) is 4.25. The third-order valence-corrected chi connectivity index (χ3v) is 2.94. The van der Waals surface area contributed by atoms with Crippen molar-refractivity contribution in [2.45, 2.75) is 13.3 Å². The average Bonchev–Trinajstić information content (AvgIpc) is 2.98. The Bertz CT molecular complexity index is 698. The van der Waals surface area contributed by atoms with Gasteiger partial charge in [0, 0.05) is 32.4 Å². The highest BCUT2D eigenvalue weighted by Gasteiger charge is 2.07. The van der Waals surface area contributed by atoms with Crippen molar-refractivity contribution < 1.29 is 0 Å². The Hall–Kier alpha value is -2.51. The molecule has 0 saturated heterocycles. The number of anilines is 1. The number of rotatable bonds is 4. The minimum Gasteiger partial charge on any atom is -0.366 e. The molecule has 19 heavy (non-hydrogen) atoms. The first kappa shape index (κ1) is 11.6. The van der Waals surface area contributed by atoms with E-state index in [9.17, 15) is 0 Å². The molecule has 3 aromatic heterocycles. The molecule has 3 aromatic rings. The molecule has 0 aliphatic rings. The SMILES string of the molecule is Cc1nnc2c(NCCc3nncn3C)nccn12. The summed E-state index contributed by atoms with van der Waals surface area (Å²) in [5.41, 5.74) is 0.734. The van der Waals surface area contributed by atoms with Gasteiger partial charge in [-0.25, -0.2) is 4.98 Å². The van der Waals surface area contributed by atoms with Crippen molar-refractivity contribution in [2.75, 3.05) is 11.9 Å². The highest BCUT2D eigenvalue weighted by molar-refractivity contribution is 5.61. The summed E-state index contributed by atoms with van der Waals surface area (Å²) < 4.78 is 3.80. The molecule has 0 aliphatic heterocycles. The number of nitrogens with zero attached hydrogens (tertiary/aromatic N) is 7. The molecule has 0 amide bonds. The molecule has 0 aromatic carbocycles. The summed E-state index contributed by atoms with van der Waals surface area (Å²) in [6, 6.07) is 0. The Labute approximate surface area is 109 Å². The number of fused-ring (bicyclic) bond motifs is 1. The zero-order chi connectivity index (χ0) is 13.2. The van der Waals surface area contributed by atoms with Crippen molar-refractivity contribution in [3.8, 4) is 0 Å². The first-order chi connectivity index (χ1) is 9.25. The van der Waals surface area contributed by atoms with Gasteiger partial charge in [-0.2, -0.15) is 0 Å². The molecule has 8 heteroatoms. The molecule has 1 N–H and O–H groups in total. The van der Waals surface area contributed by atoms with E-state index in [1.807, 2.05) is 29.1 Å². The summed E-state index contributed by atoms with van der Waals surface area (Å²) in [7, 11) is 1.93. The van der Waals surface area contributed by atoms with Crippen molar-refractivity contribution in [2.24, 2.45) is 7.05 Å². The summed E-state index contributed by atoms with van der Waals surface area (Å²) in [6.45, 7) is 2.62. The van der Waals surface area contributed by atoms with Gasteiger partial charge in [0.05, 0.1) is 0 Å². The fraction of sp³-hybridized carbons (Fsp3) is 0.364. The number of aromatic nitrogens is 7. The zero-order valence-electron chi connectivity index (χ0n) is 10.8. The van der Waals surface area contributed by atoms with Crippen molar-refractivity contribution in [3.05, 3.63) is 30.4 Å². The standard InChI is InChI=1S/C11H14N8/c1-8-15-17-11-10(13-5-6-19(8)11)12-4-3-9-16-14-7-18(9)2/h5-7H,3-4H2,1-2H3,(H,12,13). The number of hydrogen-bond acceptors (Lipinski definition) is 6. The normalized spacial score (nSPS) is 11.1. The Morgan fingerprint density at radius 2 is 2.16 bits per heavy atom. The summed E-state index contributed by atoms with van der Waals surface area (Å²) in [4.78, 5) is 4.28. The van der Waals surface area contributed by atoms with Crippen molar-refractivity contribution >= 4 is 11.5 Å². The van der Waals surface area contributed by atoms with Gasteiger partial charge in [-0.05, 0) is 6.92 Å². The van der Waals surface area contributed by atoms with Crippen LogP contribution in [-0.2, 0) is 13.5 Å². The Balaban J connectivity index is 1.74. The molecule has 0 unspecified atom stereocenters. The second kappa shape index (κ2) is 4.63. The van der Waals surface area contributed by atoms with Crippen LogP contribution in [0.2, 0.25) is 0 Å². The zero-order valence-corrected chi connectivity index (χ0v) is 10.8. The summed E-state index contributed by atoms with van der Waals surface area (Å²) in [6.07, 6.45) is 6.04. The molecule has 3 rings (SSSR count). The first-order valence-electron chi connectivity index (χ1n) is 5.99. The van der Waals surface area contributed by atoms with Crippen LogP contribution in [0.5, 0.6) is 0 Å². The maximum Gasteiger partial charge on any atom is 0.203 e. The maximum atomic E-state index is 4.28. The first-order valence-corrected chi connectivity index (χ1v) is 5.99. The fourth-order valence-corrected chi connectivity index (χ4v) is 1.89. The van der Waals surface area contributed by atoms with Crippen LogP contribution in [0, 0.1) is 6.92 Å². The predicted octanol–water partition coefficient (Wildman–Crippen LogP) is 0.216. The lowest BCUT2D eigenvalue weighted by Crippen LogP contribution is -2.10. The molecule has 0 saturated carbocycles. The van der Waals surface area contributed by atoms with E-state index in [0.717, 1.165) is 29.5 Å². The number of nitrogens with one attached hydrogen (secondary N) is 1. The molecule has 0 aliphatic carbocycles. The monoisotopic (exact) mass is 258 g/mol. The van der Waals surface area contributed by atoms with Crippen LogP contribution in [0.1, 0.15) is 11.6 Å². The van der Waals surface area contributed by atoms with E-state index >= 15 is 0 Å². The van der Waals surface area contributed by atoms with Crippen LogP contribution in [0.4, 0.5) is 5.82 Å². The molecule has 0 spiro atoms. The van der Waals surface area contributed by atoms with Gasteiger partial charge in [-0.3, -0.25) is 4.40 Å². The summed E-state index contributed by atoms with van der Waals surface area (Å²) in [5.74, 6) is 2.50.